The van der Waals surface area contributed by atoms with Crippen LogP contribution in [-0.2, 0) is 0 Å². The number of amides is 2. The number of piperidine rings is 1. The molecular formula is C25H33F2N4OP. The Kier molecular flexibility index (Phi) is 6.63. The smallest absolute Gasteiger partial charge is 0.321 e. The van der Waals surface area contributed by atoms with Gasteiger partial charge in [-0.1, -0.05) is 45.0 Å². The summed E-state index contributed by atoms with van der Waals surface area (Å²) in [7, 11) is 2.71. The number of hydrogen-bond acceptors (Lipinski definition) is 3. The number of carbonyl (C=O) groups is 1. The Labute approximate surface area is 197 Å². The van der Waals surface area contributed by atoms with Gasteiger partial charge in [0.15, 0.2) is 5.82 Å². The maximum atomic E-state index is 14.0. The maximum absolute atomic E-state index is 14.0. The largest absolute Gasteiger partial charge is 0.349 e. The Hall–Kier alpha value is -2.27. The number of likely N-dealkylation sites (tertiary alicyclic amines) is 1. The molecule has 0 bridgehead atoms. The molecule has 1 unspecified atom stereocenters. The van der Waals surface area contributed by atoms with Gasteiger partial charge in [-0.2, -0.15) is 0 Å². The van der Waals surface area contributed by atoms with Crippen molar-refractivity contribution in [2.45, 2.75) is 46.0 Å². The summed E-state index contributed by atoms with van der Waals surface area (Å²) in [5.74, 6) is -1.79. The van der Waals surface area contributed by atoms with Gasteiger partial charge in [0.05, 0.1) is 12.2 Å². The lowest BCUT2D eigenvalue weighted by Gasteiger charge is -2.38. The molecular weight excluding hydrogens is 441 g/mol. The van der Waals surface area contributed by atoms with E-state index in [2.05, 4.69) is 40.3 Å². The molecule has 0 saturated carbocycles. The van der Waals surface area contributed by atoms with Gasteiger partial charge in [-0.15, -0.1) is 9.24 Å². The molecule has 1 aromatic heterocycles. The van der Waals surface area contributed by atoms with Gasteiger partial charge in [0.1, 0.15) is 0 Å². The van der Waals surface area contributed by atoms with Crippen LogP contribution in [0.2, 0.25) is 0 Å². The van der Waals surface area contributed by atoms with Crippen molar-refractivity contribution in [1.29, 1.82) is 0 Å². The standard InChI is InChI=1S/C25H33F2N4OP/c1-24(2,3)17-9-13-30(14-10-17)23(32)29-21-19(18-6-4-5-7-20(18)33)8-12-28-22(21)31-15-11-25(26,27)16-31/h4-8,12,17H,9-11,13-16,33H2,1-3H3,(H,29,32). The molecule has 1 atom stereocenters. The number of hydrogen-bond donors (Lipinski definition) is 1. The average Bonchev–Trinajstić information content (AvgIpc) is 3.13. The first-order valence-corrected chi connectivity index (χ1v) is 12.2. The van der Waals surface area contributed by atoms with Crippen LogP contribution in [0.1, 0.15) is 40.0 Å². The zero-order valence-electron chi connectivity index (χ0n) is 19.6. The quantitative estimate of drug-likeness (QED) is 0.608. The van der Waals surface area contributed by atoms with Crippen molar-refractivity contribution < 1.29 is 13.6 Å². The second-order valence-corrected chi connectivity index (χ2v) is 10.9. The predicted molar refractivity (Wildman–Crippen MR) is 134 cm³/mol. The number of rotatable bonds is 3. The summed E-state index contributed by atoms with van der Waals surface area (Å²) in [6.45, 7) is 7.90. The van der Waals surface area contributed by atoms with E-state index in [1.165, 1.54) is 0 Å². The molecule has 2 saturated heterocycles. The zero-order valence-corrected chi connectivity index (χ0v) is 20.7. The molecule has 5 nitrogen and oxygen atoms in total. The van der Waals surface area contributed by atoms with Gasteiger partial charge in [-0.05, 0) is 41.1 Å². The Morgan fingerprint density at radius 3 is 2.42 bits per heavy atom. The fraction of sp³-hybridized carbons (Fsp3) is 0.520. The molecule has 0 aliphatic carbocycles. The number of urea groups is 1. The molecule has 0 spiro atoms. The number of carbonyl (C=O) groups excluding carboxylic acids is 1. The molecule has 2 aromatic rings. The number of benzene rings is 1. The van der Waals surface area contributed by atoms with Gasteiger partial charge in [-0.25, -0.2) is 18.6 Å². The van der Waals surface area contributed by atoms with E-state index in [1.807, 2.05) is 35.2 Å². The second-order valence-electron chi connectivity index (χ2n) is 10.2. The molecule has 0 radical (unpaired) electrons. The van der Waals surface area contributed by atoms with Crippen molar-refractivity contribution >= 4 is 32.1 Å². The van der Waals surface area contributed by atoms with Crippen LogP contribution in [0.25, 0.3) is 11.1 Å². The van der Waals surface area contributed by atoms with Gasteiger partial charge in [0, 0.05) is 37.8 Å². The van der Waals surface area contributed by atoms with Crippen LogP contribution in [0.4, 0.5) is 25.1 Å². The molecule has 2 amide bonds. The normalized spacial score (nSPS) is 19.1. The number of nitrogens with one attached hydrogen (secondary N) is 1. The van der Waals surface area contributed by atoms with Gasteiger partial charge >= 0.3 is 6.03 Å². The molecule has 2 fully saturated rings. The minimum Gasteiger partial charge on any atom is -0.349 e. The van der Waals surface area contributed by atoms with Crippen molar-refractivity contribution in [3.05, 3.63) is 36.5 Å². The summed E-state index contributed by atoms with van der Waals surface area (Å²) >= 11 is 0. The topological polar surface area (TPSA) is 48.5 Å². The van der Waals surface area contributed by atoms with Gasteiger partial charge in [0.25, 0.3) is 5.92 Å². The Morgan fingerprint density at radius 2 is 1.82 bits per heavy atom. The van der Waals surface area contributed by atoms with E-state index in [4.69, 9.17) is 0 Å². The lowest BCUT2D eigenvalue weighted by molar-refractivity contribution is 0.0257. The van der Waals surface area contributed by atoms with Crippen LogP contribution >= 0.6 is 9.24 Å². The number of nitrogens with zero attached hydrogens (tertiary/aromatic N) is 3. The van der Waals surface area contributed by atoms with Gasteiger partial charge in [-0.3, -0.25) is 0 Å². The monoisotopic (exact) mass is 474 g/mol. The van der Waals surface area contributed by atoms with E-state index in [9.17, 15) is 13.6 Å². The van der Waals surface area contributed by atoms with Crippen molar-refractivity contribution in [2.24, 2.45) is 11.3 Å². The van der Waals surface area contributed by atoms with Crippen LogP contribution in [0.15, 0.2) is 36.5 Å². The molecule has 2 aliphatic rings. The van der Waals surface area contributed by atoms with Crippen molar-refractivity contribution in [1.82, 2.24) is 9.88 Å². The van der Waals surface area contributed by atoms with Crippen LogP contribution in [0.5, 0.6) is 0 Å². The minimum atomic E-state index is -2.76. The Bertz CT molecular complexity index is 1020. The van der Waals surface area contributed by atoms with E-state index in [0.29, 0.717) is 30.5 Å². The third-order valence-corrected chi connectivity index (χ3v) is 7.39. The van der Waals surface area contributed by atoms with Gasteiger partial charge < -0.3 is 15.1 Å². The van der Waals surface area contributed by atoms with Crippen LogP contribution in [0, 0.1) is 11.3 Å². The Balaban J connectivity index is 1.64. The summed E-state index contributed by atoms with van der Waals surface area (Å²) in [5.41, 5.74) is 2.40. The summed E-state index contributed by atoms with van der Waals surface area (Å²) in [5, 5.41) is 4.02. The SMILES string of the molecule is CC(C)(C)C1CCN(C(=O)Nc2c(-c3ccccc3P)ccnc2N2CCC(F)(F)C2)CC1. The number of pyridine rings is 1. The molecule has 2 aliphatic heterocycles. The van der Waals surface area contributed by atoms with E-state index >= 15 is 0 Å². The fourth-order valence-corrected chi connectivity index (χ4v) is 5.19. The molecule has 178 valence electrons. The van der Waals surface area contributed by atoms with E-state index in [-0.39, 0.29) is 24.4 Å². The lowest BCUT2D eigenvalue weighted by Crippen LogP contribution is -2.43. The van der Waals surface area contributed by atoms with Crippen molar-refractivity contribution in [3.63, 3.8) is 0 Å². The van der Waals surface area contributed by atoms with Crippen molar-refractivity contribution in [2.75, 3.05) is 36.4 Å². The van der Waals surface area contributed by atoms with Crippen molar-refractivity contribution in [3.8, 4) is 11.1 Å². The molecule has 4 rings (SSSR count). The first kappa shape index (κ1) is 23.9. The molecule has 3 heterocycles. The summed E-state index contributed by atoms with van der Waals surface area (Å²) in [6.07, 6.45) is 3.32. The van der Waals surface area contributed by atoms with Gasteiger partial charge in [0.2, 0.25) is 0 Å². The van der Waals surface area contributed by atoms with Crippen LogP contribution in [-0.4, -0.2) is 48.0 Å². The number of halogens is 2. The highest BCUT2D eigenvalue weighted by Crippen LogP contribution is 2.39. The summed E-state index contributed by atoms with van der Waals surface area (Å²) in [4.78, 5) is 21.1. The minimum absolute atomic E-state index is 0.200. The van der Waals surface area contributed by atoms with Crippen LogP contribution in [0.3, 0.4) is 0 Å². The highest BCUT2D eigenvalue weighted by Gasteiger charge is 2.40. The first-order chi connectivity index (χ1) is 15.5. The average molecular weight is 475 g/mol. The summed E-state index contributed by atoms with van der Waals surface area (Å²) in [6, 6.07) is 9.42. The molecule has 8 heteroatoms. The summed E-state index contributed by atoms with van der Waals surface area (Å²) < 4.78 is 28.0. The molecule has 1 N–H and O–H groups in total. The predicted octanol–water partition coefficient (Wildman–Crippen LogP) is 5.38. The third kappa shape index (κ3) is 5.29. The number of alkyl halides is 2. The van der Waals surface area contributed by atoms with Crippen LogP contribution < -0.4 is 15.5 Å². The zero-order chi connectivity index (χ0) is 23.8. The second kappa shape index (κ2) is 9.17. The molecule has 33 heavy (non-hydrogen) atoms. The number of anilines is 2. The fourth-order valence-electron chi connectivity index (χ4n) is 4.83. The third-order valence-electron chi connectivity index (χ3n) is 6.89. The Morgan fingerprint density at radius 1 is 1.12 bits per heavy atom. The van der Waals surface area contributed by atoms with E-state index in [1.54, 1.807) is 11.1 Å². The van der Waals surface area contributed by atoms with E-state index in [0.717, 1.165) is 29.3 Å². The first-order valence-electron chi connectivity index (χ1n) is 11.6. The lowest BCUT2D eigenvalue weighted by atomic mass is 9.75. The number of aromatic nitrogens is 1. The van der Waals surface area contributed by atoms with E-state index < -0.39 is 12.5 Å². The molecule has 1 aromatic carbocycles. The highest BCUT2D eigenvalue weighted by molar-refractivity contribution is 7.28. The maximum Gasteiger partial charge on any atom is 0.321 e. The highest BCUT2D eigenvalue weighted by atomic mass is 31.0.